The highest BCUT2D eigenvalue weighted by atomic mass is 16.4. The zero-order valence-electron chi connectivity index (χ0n) is 10.2. The SMILES string of the molecule is O=C(NCC(O)C(=O)O)c1ccc(-n2cncn2)nc1. The Balaban J connectivity index is 1.99. The van der Waals surface area contributed by atoms with E-state index in [1.165, 1.54) is 29.6 Å². The molecule has 2 heterocycles. The summed E-state index contributed by atoms with van der Waals surface area (Å²) in [5.41, 5.74) is 0.242. The van der Waals surface area contributed by atoms with E-state index in [9.17, 15) is 9.59 Å². The number of pyridine rings is 1. The third kappa shape index (κ3) is 3.14. The quantitative estimate of drug-likeness (QED) is 0.628. The van der Waals surface area contributed by atoms with Crippen molar-refractivity contribution in [2.24, 2.45) is 0 Å². The first-order chi connectivity index (χ1) is 9.58. The minimum Gasteiger partial charge on any atom is -0.479 e. The van der Waals surface area contributed by atoms with E-state index in [1.807, 2.05) is 0 Å². The largest absolute Gasteiger partial charge is 0.479 e. The second-order valence-electron chi connectivity index (χ2n) is 3.81. The zero-order chi connectivity index (χ0) is 14.5. The number of carboxylic acids is 1. The smallest absolute Gasteiger partial charge is 0.334 e. The first-order valence-corrected chi connectivity index (χ1v) is 5.58. The number of carboxylic acid groups (broad SMARTS) is 1. The Labute approximate surface area is 112 Å². The normalized spacial score (nSPS) is 11.8. The predicted molar refractivity (Wildman–Crippen MR) is 65.1 cm³/mol. The maximum atomic E-state index is 11.7. The lowest BCUT2D eigenvalue weighted by molar-refractivity contribution is -0.146. The molecule has 2 aromatic heterocycles. The number of nitrogens with one attached hydrogen (secondary N) is 1. The van der Waals surface area contributed by atoms with Gasteiger partial charge in [0.25, 0.3) is 5.91 Å². The van der Waals surface area contributed by atoms with Crippen molar-refractivity contribution in [2.45, 2.75) is 6.10 Å². The maximum Gasteiger partial charge on any atom is 0.334 e. The molecule has 0 aliphatic carbocycles. The van der Waals surface area contributed by atoms with Gasteiger partial charge in [-0.2, -0.15) is 5.10 Å². The standard InChI is InChI=1S/C11H11N5O4/c17-8(11(19)20)4-14-10(18)7-1-2-9(13-3-7)16-6-12-5-15-16/h1-3,5-6,8,17H,4H2,(H,14,18)(H,19,20). The van der Waals surface area contributed by atoms with Crippen molar-refractivity contribution in [1.29, 1.82) is 0 Å². The highest BCUT2D eigenvalue weighted by Gasteiger charge is 2.15. The molecule has 1 atom stereocenters. The molecule has 20 heavy (non-hydrogen) atoms. The van der Waals surface area contributed by atoms with Gasteiger partial charge in [-0.3, -0.25) is 4.79 Å². The summed E-state index contributed by atoms with van der Waals surface area (Å²) in [6.07, 6.45) is 2.50. The van der Waals surface area contributed by atoms with E-state index in [4.69, 9.17) is 10.2 Å². The molecule has 0 bridgehead atoms. The third-order valence-electron chi connectivity index (χ3n) is 2.40. The molecule has 0 aliphatic rings. The molecule has 0 aliphatic heterocycles. The summed E-state index contributed by atoms with van der Waals surface area (Å²) in [6.45, 7) is -0.376. The summed E-state index contributed by atoms with van der Waals surface area (Å²) in [5.74, 6) is -1.43. The van der Waals surface area contributed by atoms with Crippen molar-refractivity contribution in [3.8, 4) is 5.82 Å². The number of aliphatic carboxylic acids is 1. The van der Waals surface area contributed by atoms with Gasteiger partial charge in [-0.05, 0) is 12.1 Å². The summed E-state index contributed by atoms with van der Waals surface area (Å²) in [4.78, 5) is 29.9. The zero-order valence-corrected chi connectivity index (χ0v) is 10.2. The molecule has 0 fully saturated rings. The van der Waals surface area contributed by atoms with Gasteiger partial charge in [0.1, 0.15) is 12.7 Å². The monoisotopic (exact) mass is 277 g/mol. The molecule has 104 valence electrons. The van der Waals surface area contributed by atoms with Crippen LogP contribution in [0.3, 0.4) is 0 Å². The van der Waals surface area contributed by atoms with E-state index < -0.39 is 18.0 Å². The molecule has 0 spiro atoms. The molecule has 2 rings (SSSR count). The fraction of sp³-hybridized carbons (Fsp3) is 0.182. The van der Waals surface area contributed by atoms with Gasteiger partial charge in [0, 0.05) is 6.20 Å². The first-order valence-electron chi connectivity index (χ1n) is 5.58. The summed E-state index contributed by atoms with van der Waals surface area (Å²) in [6, 6.07) is 3.07. The van der Waals surface area contributed by atoms with Crippen LogP contribution in [0.5, 0.6) is 0 Å². The van der Waals surface area contributed by atoms with Crippen molar-refractivity contribution >= 4 is 11.9 Å². The van der Waals surface area contributed by atoms with Crippen LogP contribution in [0.25, 0.3) is 5.82 Å². The van der Waals surface area contributed by atoms with Crippen LogP contribution in [0.2, 0.25) is 0 Å². The fourth-order valence-corrected chi connectivity index (χ4v) is 1.36. The average molecular weight is 277 g/mol. The number of hydrogen-bond acceptors (Lipinski definition) is 6. The summed E-state index contributed by atoms with van der Waals surface area (Å²) < 4.78 is 1.43. The molecule has 0 saturated heterocycles. The number of aliphatic hydroxyl groups is 1. The first kappa shape index (κ1) is 13.6. The molecule has 0 saturated carbocycles. The maximum absolute atomic E-state index is 11.7. The molecule has 1 amide bonds. The highest BCUT2D eigenvalue weighted by molar-refractivity contribution is 5.94. The molecular formula is C11H11N5O4. The van der Waals surface area contributed by atoms with E-state index in [0.29, 0.717) is 5.82 Å². The number of hydrogen-bond donors (Lipinski definition) is 3. The molecule has 0 aromatic carbocycles. The van der Waals surface area contributed by atoms with Gasteiger partial charge < -0.3 is 15.5 Å². The van der Waals surface area contributed by atoms with E-state index in [1.54, 1.807) is 6.07 Å². The number of aliphatic hydroxyl groups excluding tert-OH is 1. The van der Waals surface area contributed by atoms with Crippen LogP contribution in [0, 0.1) is 0 Å². The third-order valence-corrected chi connectivity index (χ3v) is 2.40. The predicted octanol–water partition coefficient (Wildman–Crippen LogP) is -1.16. The molecule has 9 heteroatoms. The highest BCUT2D eigenvalue weighted by Crippen LogP contribution is 2.03. The van der Waals surface area contributed by atoms with E-state index in [0.717, 1.165) is 0 Å². The van der Waals surface area contributed by atoms with E-state index in [-0.39, 0.29) is 12.1 Å². The fourth-order valence-electron chi connectivity index (χ4n) is 1.36. The Morgan fingerprint density at radius 2 is 2.20 bits per heavy atom. The Hall–Kier alpha value is -2.81. The van der Waals surface area contributed by atoms with Crippen LogP contribution < -0.4 is 5.32 Å². The lowest BCUT2D eigenvalue weighted by Gasteiger charge is -2.07. The lowest BCUT2D eigenvalue weighted by atomic mass is 10.2. The molecule has 0 radical (unpaired) electrons. The van der Waals surface area contributed by atoms with Gasteiger partial charge in [0.2, 0.25) is 0 Å². The van der Waals surface area contributed by atoms with E-state index in [2.05, 4.69) is 20.4 Å². The Bertz CT molecular complexity index is 596. The summed E-state index contributed by atoms with van der Waals surface area (Å²) >= 11 is 0. The Morgan fingerprint density at radius 3 is 2.75 bits per heavy atom. The second-order valence-corrected chi connectivity index (χ2v) is 3.81. The van der Waals surface area contributed by atoms with Crippen LogP contribution in [0.4, 0.5) is 0 Å². The van der Waals surface area contributed by atoms with Crippen LogP contribution in [0.1, 0.15) is 10.4 Å². The van der Waals surface area contributed by atoms with Crippen LogP contribution in [0.15, 0.2) is 31.0 Å². The van der Waals surface area contributed by atoms with E-state index >= 15 is 0 Å². The second kappa shape index (κ2) is 5.89. The van der Waals surface area contributed by atoms with Crippen molar-refractivity contribution in [2.75, 3.05) is 6.54 Å². The number of amides is 1. The number of carbonyl (C=O) groups is 2. The van der Waals surface area contributed by atoms with Gasteiger partial charge >= 0.3 is 5.97 Å². The van der Waals surface area contributed by atoms with Crippen LogP contribution in [-0.2, 0) is 4.79 Å². The Morgan fingerprint density at radius 1 is 1.40 bits per heavy atom. The summed E-state index contributed by atoms with van der Waals surface area (Å²) in [5, 5.41) is 23.7. The van der Waals surface area contributed by atoms with Crippen molar-refractivity contribution in [1.82, 2.24) is 25.1 Å². The van der Waals surface area contributed by atoms with Gasteiger partial charge in [-0.1, -0.05) is 0 Å². The van der Waals surface area contributed by atoms with Gasteiger partial charge in [-0.15, -0.1) is 0 Å². The summed E-state index contributed by atoms with van der Waals surface area (Å²) in [7, 11) is 0. The topological polar surface area (TPSA) is 130 Å². The van der Waals surface area contributed by atoms with Crippen molar-refractivity contribution in [3.63, 3.8) is 0 Å². The average Bonchev–Trinajstić information content (AvgIpc) is 2.98. The van der Waals surface area contributed by atoms with Crippen molar-refractivity contribution in [3.05, 3.63) is 36.5 Å². The van der Waals surface area contributed by atoms with Crippen LogP contribution in [-0.4, -0.2) is 54.5 Å². The minimum atomic E-state index is -1.64. The minimum absolute atomic E-state index is 0.242. The number of nitrogens with zero attached hydrogens (tertiary/aromatic N) is 4. The van der Waals surface area contributed by atoms with Crippen molar-refractivity contribution < 1.29 is 19.8 Å². The van der Waals surface area contributed by atoms with Crippen LogP contribution >= 0.6 is 0 Å². The number of rotatable bonds is 5. The molecule has 3 N–H and O–H groups in total. The van der Waals surface area contributed by atoms with Gasteiger partial charge in [0.05, 0.1) is 12.1 Å². The Kier molecular flexibility index (Phi) is 4.01. The number of carbonyl (C=O) groups excluding carboxylic acids is 1. The van der Waals surface area contributed by atoms with Gasteiger partial charge in [0.15, 0.2) is 11.9 Å². The van der Waals surface area contributed by atoms with Gasteiger partial charge in [-0.25, -0.2) is 19.4 Å². The lowest BCUT2D eigenvalue weighted by Crippen LogP contribution is -2.36. The molecule has 9 nitrogen and oxygen atoms in total. The molecular weight excluding hydrogens is 266 g/mol. The molecule has 2 aromatic rings. The molecule has 1 unspecified atom stereocenters. The number of aromatic nitrogens is 4.